The summed E-state index contributed by atoms with van der Waals surface area (Å²) < 4.78 is 0. The molecule has 0 N–H and O–H groups in total. The van der Waals surface area contributed by atoms with E-state index in [1.54, 1.807) is 5.56 Å². The highest BCUT2D eigenvalue weighted by molar-refractivity contribution is 5.33. The van der Waals surface area contributed by atoms with E-state index in [0.29, 0.717) is 5.92 Å². The van der Waals surface area contributed by atoms with Gasteiger partial charge in [0, 0.05) is 0 Å². The van der Waals surface area contributed by atoms with Crippen LogP contribution in [0.2, 0.25) is 0 Å². The topological polar surface area (TPSA) is 23.8 Å². The van der Waals surface area contributed by atoms with Gasteiger partial charge in [-0.25, -0.2) is 0 Å². The van der Waals surface area contributed by atoms with Crippen LogP contribution in [-0.4, -0.2) is 0 Å². The first-order valence-electron chi connectivity index (χ1n) is 13.8. The van der Waals surface area contributed by atoms with Gasteiger partial charge in [0.2, 0.25) is 0 Å². The Hall–Kier alpha value is -2.07. The van der Waals surface area contributed by atoms with E-state index in [2.05, 4.69) is 49.4 Å². The summed E-state index contributed by atoms with van der Waals surface area (Å²) in [5, 5.41) is 9.00. The molecule has 2 fully saturated rings. The van der Waals surface area contributed by atoms with Crippen LogP contribution in [0.3, 0.4) is 0 Å². The maximum absolute atomic E-state index is 9.00. The third-order valence-electron chi connectivity index (χ3n) is 8.71. The van der Waals surface area contributed by atoms with Crippen molar-refractivity contribution >= 4 is 0 Å². The van der Waals surface area contributed by atoms with Crippen LogP contribution in [0.5, 0.6) is 0 Å². The summed E-state index contributed by atoms with van der Waals surface area (Å²) in [6, 6.07) is 20.3. The zero-order valence-corrected chi connectivity index (χ0v) is 20.8. The van der Waals surface area contributed by atoms with Crippen molar-refractivity contribution in [3.8, 4) is 6.07 Å². The van der Waals surface area contributed by atoms with Crippen LogP contribution in [0, 0.1) is 23.2 Å². The van der Waals surface area contributed by atoms with Crippen LogP contribution in [0.15, 0.2) is 48.5 Å². The molecule has 1 heteroatoms. The average molecular weight is 442 g/mol. The number of nitrogens with zero attached hydrogens (tertiary/aromatic N) is 1. The van der Waals surface area contributed by atoms with Gasteiger partial charge in [0.05, 0.1) is 11.6 Å². The van der Waals surface area contributed by atoms with Gasteiger partial charge in [-0.3, -0.25) is 0 Å². The second-order valence-corrected chi connectivity index (χ2v) is 10.9. The molecule has 0 unspecified atom stereocenters. The second-order valence-electron chi connectivity index (χ2n) is 10.9. The molecule has 33 heavy (non-hydrogen) atoms. The SMILES string of the molecule is CCCCC[C@H]1CC[C@H](c2ccc(CCC3CCC(c4ccc(C#N)cc4)CC3)cc2)CC1. The summed E-state index contributed by atoms with van der Waals surface area (Å²) in [6.07, 6.45) is 19.2. The zero-order valence-electron chi connectivity index (χ0n) is 20.8. The largest absolute Gasteiger partial charge is 0.192 e. The highest BCUT2D eigenvalue weighted by Crippen LogP contribution is 2.39. The van der Waals surface area contributed by atoms with Crippen LogP contribution in [0.1, 0.15) is 124 Å². The van der Waals surface area contributed by atoms with Crippen molar-refractivity contribution in [2.45, 2.75) is 109 Å². The van der Waals surface area contributed by atoms with Crippen molar-refractivity contribution in [3.63, 3.8) is 0 Å². The van der Waals surface area contributed by atoms with Gasteiger partial charge in [-0.15, -0.1) is 0 Å². The van der Waals surface area contributed by atoms with Crippen LogP contribution in [-0.2, 0) is 6.42 Å². The molecule has 0 amide bonds. The van der Waals surface area contributed by atoms with Crippen LogP contribution in [0.4, 0.5) is 0 Å². The Labute approximate surface area is 202 Å². The van der Waals surface area contributed by atoms with E-state index in [4.69, 9.17) is 5.26 Å². The minimum Gasteiger partial charge on any atom is -0.192 e. The van der Waals surface area contributed by atoms with Gasteiger partial charge >= 0.3 is 0 Å². The zero-order chi connectivity index (χ0) is 22.9. The second kappa shape index (κ2) is 12.4. The molecule has 0 aliphatic heterocycles. The Balaban J connectivity index is 1.17. The number of nitriles is 1. The summed E-state index contributed by atoms with van der Waals surface area (Å²) >= 11 is 0. The maximum Gasteiger partial charge on any atom is 0.0991 e. The number of benzene rings is 2. The lowest BCUT2D eigenvalue weighted by atomic mass is 9.76. The molecule has 2 aliphatic carbocycles. The van der Waals surface area contributed by atoms with Crippen molar-refractivity contribution in [2.24, 2.45) is 11.8 Å². The van der Waals surface area contributed by atoms with E-state index < -0.39 is 0 Å². The summed E-state index contributed by atoms with van der Waals surface area (Å²) in [5.41, 5.74) is 5.32. The van der Waals surface area contributed by atoms with E-state index in [1.807, 2.05) is 12.1 Å². The molecule has 176 valence electrons. The quantitative estimate of drug-likeness (QED) is 0.356. The van der Waals surface area contributed by atoms with Crippen molar-refractivity contribution < 1.29 is 0 Å². The van der Waals surface area contributed by atoms with Crippen molar-refractivity contribution in [1.82, 2.24) is 0 Å². The van der Waals surface area contributed by atoms with Crippen molar-refractivity contribution in [1.29, 1.82) is 5.26 Å². The van der Waals surface area contributed by atoms with Crippen LogP contribution >= 0.6 is 0 Å². The Bertz CT molecular complexity index is 856. The average Bonchev–Trinajstić information content (AvgIpc) is 2.89. The Morgan fingerprint density at radius 3 is 1.70 bits per heavy atom. The Morgan fingerprint density at radius 1 is 0.667 bits per heavy atom. The highest BCUT2D eigenvalue weighted by Gasteiger charge is 2.23. The van der Waals surface area contributed by atoms with Gasteiger partial charge < -0.3 is 0 Å². The van der Waals surface area contributed by atoms with Gasteiger partial charge in [0.15, 0.2) is 0 Å². The van der Waals surface area contributed by atoms with Crippen LogP contribution in [0.25, 0.3) is 0 Å². The molecular weight excluding hydrogens is 398 g/mol. The fraction of sp³-hybridized carbons (Fsp3) is 0.594. The number of hydrogen-bond acceptors (Lipinski definition) is 1. The summed E-state index contributed by atoms with van der Waals surface area (Å²) in [5.74, 6) is 3.37. The van der Waals surface area contributed by atoms with Gasteiger partial charge in [0.1, 0.15) is 0 Å². The van der Waals surface area contributed by atoms with Gasteiger partial charge in [-0.05, 0) is 117 Å². The number of unbranched alkanes of at least 4 members (excludes halogenated alkanes) is 2. The lowest BCUT2D eigenvalue weighted by Gasteiger charge is -2.29. The monoisotopic (exact) mass is 441 g/mol. The molecule has 0 aromatic heterocycles. The molecule has 2 aromatic carbocycles. The minimum atomic E-state index is 0.690. The van der Waals surface area contributed by atoms with Crippen molar-refractivity contribution in [2.75, 3.05) is 0 Å². The molecule has 2 aliphatic rings. The van der Waals surface area contributed by atoms with E-state index in [0.717, 1.165) is 23.3 Å². The van der Waals surface area contributed by atoms with Gasteiger partial charge in [-0.2, -0.15) is 5.26 Å². The first-order chi connectivity index (χ1) is 16.2. The number of hydrogen-bond donors (Lipinski definition) is 0. The molecule has 0 radical (unpaired) electrons. The standard InChI is InChI=1S/C32H43N/c1-2-3-4-5-25-8-16-29(17-9-25)30-18-10-26(11-19-30)6-7-27-12-20-31(21-13-27)32-22-14-28(24-33)15-23-32/h10-11,14-15,18-19,22-23,25,27,29,31H,2-9,12-13,16-17,20-21H2,1H3/t25-,27?,29-,31?. The fourth-order valence-corrected chi connectivity index (χ4v) is 6.41. The summed E-state index contributed by atoms with van der Waals surface area (Å²) in [6.45, 7) is 2.31. The molecule has 2 saturated carbocycles. The molecule has 0 spiro atoms. The fourth-order valence-electron chi connectivity index (χ4n) is 6.41. The van der Waals surface area contributed by atoms with E-state index in [-0.39, 0.29) is 0 Å². The molecule has 0 atom stereocenters. The third kappa shape index (κ3) is 6.96. The lowest BCUT2D eigenvalue weighted by molar-refractivity contribution is 0.302. The first kappa shape index (κ1) is 24.1. The van der Waals surface area contributed by atoms with Crippen LogP contribution < -0.4 is 0 Å². The maximum atomic E-state index is 9.00. The van der Waals surface area contributed by atoms with E-state index >= 15 is 0 Å². The molecule has 0 saturated heterocycles. The van der Waals surface area contributed by atoms with Gasteiger partial charge in [-0.1, -0.05) is 69.0 Å². The molecular formula is C32H43N. The highest BCUT2D eigenvalue weighted by atomic mass is 14.3. The molecule has 0 heterocycles. The van der Waals surface area contributed by atoms with Gasteiger partial charge in [0.25, 0.3) is 0 Å². The number of aryl methyl sites for hydroxylation is 1. The smallest absolute Gasteiger partial charge is 0.0991 e. The molecule has 0 bridgehead atoms. The third-order valence-corrected chi connectivity index (χ3v) is 8.71. The predicted octanol–water partition coefficient (Wildman–Crippen LogP) is 9.32. The Kier molecular flexibility index (Phi) is 9.05. The first-order valence-corrected chi connectivity index (χ1v) is 13.8. The molecule has 4 rings (SSSR count). The normalized spacial score (nSPS) is 25.5. The van der Waals surface area contributed by atoms with E-state index in [1.165, 1.54) is 101 Å². The Morgan fingerprint density at radius 2 is 1.18 bits per heavy atom. The summed E-state index contributed by atoms with van der Waals surface area (Å²) in [7, 11) is 0. The van der Waals surface area contributed by atoms with E-state index in [9.17, 15) is 0 Å². The minimum absolute atomic E-state index is 0.690. The lowest BCUT2D eigenvalue weighted by Crippen LogP contribution is -2.14. The molecule has 2 aromatic rings. The predicted molar refractivity (Wildman–Crippen MR) is 139 cm³/mol. The van der Waals surface area contributed by atoms with Crippen molar-refractivity contribution in [3.05, 3.63) is 70.8 Å². The molecule has 1 nitrogen and oxygen atoms in total. The number of rotatable bonds is 9. The summed E-state index contributed by atoms with van der Waals surface area (Å²) in [4.78, 5) is 0.